The Hall–Kier alpha value is -2.82. The molecule has 5 nitrogen and oxygen atoms in total. The average molecular weight is 253 g/mol. The highest BCUT2D eigenvalue weighted by Gasteiger charge is 1.86. The molecule has 0 amide bonds. The SMILES string of the molecule is NC(N)=Nn1cccc1.c1ccc2ncccc2c1. The first-order chi connectivity index (χ1) is 9.25. The zero-order chi connectivity index (χ0) is 13.5. The molecule has 3 aromatic rings. The molecule has 2 aromatic heterocycles. The fraction of sp³-hybridized carbons (Fsp3) is 0. The summed E-state index contributed by atoms with van der Waals surface area (Å²) in [6, 6.07) is 15.8. The molecule has 0 radical (unpaired) electrons. The Morgan fingerprint density at radius 2 is 1.63 bits per heavy atom. The van der Waals surface area contributed by atoms with E-state index in [9.17, 15) is 0 Å². The van der Waals surface area contributed by atoms with Gasteiger partial charge in [-0.25, -0.2) is 4.68 Å². The molecule has 0 saturated carbocycles. The first kappa shape index (κ1) is 12.6. The molecule has 0 saturated heterocycles. The zero-order valence-electron chi connectivity index (χ0n) is 10.3. The van der Waals surface area contributed by atoms with Crippen LogP contribution in [-0.4, -0.2) is 15.6 Å². The van der Waals surface area contributed by atoms with E-state index in [4.69, 9.17) is 11.5 Å². The van der Waals surface area contributed by atoms with Gasteiger partial charge in [0.15, 0.2) is 0 Å². The van der Waals surface area contributed by atoms with Crippen LogP contribution in [0.15, 0.2) is 72.2 Å². The Labute approximate surface area is 111 Å². The van der Waals surface area contributed by atoms with Crippen molar-refractivity contribution in [1.82, 2.24) is 9.66 Å². The van der Waals surface area contributed by atoms with Crippen molar-refractivity contribution in [2.45, 2.75) is 0 Å². The summed E-state index contributed by atoms with van der Waals surface area (Å²) in [7, 11) is 0. The lowest BCUT2D eigenvalue weighted by Crippen LogP contribution is -2.23. The predicted molar refractivity (Wildman–Crippen MR) is 77.4 cm³/mol. The maximum absolute atomic E-state index is 5.09. The van der Waals surface area contributed by atoms with Crippen molar-refractivity contribution in [3.63, 3.8) is 0 Å². The van der Waals surface area contributed by atoms with E-state index in [1.807, 2.05) is 42.6 Å². The average Bonchev–Trinajstić information content (AvgIpc) is 2.92. The van der Waals surface area contributed by atoms with Crippen molar-refractivity contribution in [3.8, 4) is 0 Å². The zero-order valence-corrected chi connectivity index (χ0v) is 10.3. The quantitative estimate of drug-likeness (QED) is 0.512. The third kappa shape index (κ3) is 3.85. The Bertz CT molecular complexity index is 589. The molecule has 0 bridgehead atoms. The van der Waals surface area contributed by atoms with Crippen LogP contribution >= 0.6 is 0 Å². The molecule has 0 atom stereocenters. The van der Waals surface area contributed by atoms with E-state index in [0.717, 1.165) is 5.52 Å². The summed E-state index contributed by atoms with van der Waals surface area (Å²) in [6.45, 7) is 0. The van der Waals surface area contributed by atoms with Crippen LogP contribution in [0.5, 0.6) is 0 Å². The summed E-state index contributed by atoms with van der Waals surface area (Å²) in [5.74, 6) is 0.0613. The summed E-state index contributed by atoms with van der Waals surface area (Å²) in [6.07, 6.45) is 5.31. The van der Waals surface area contributed by atoms with Gasteiger partial charge < -0.3 is 11.5 Å². The lowest BCUT2D eigenvalue weighted by molar-refractivity contribution is 0.881. The number of hydrogen-bond donors (Lipinski definition) is 2. The van der Waals surface area contributed by atoms with Gasteiger partial charge in [0.05, 0.1) is 5.52 Å². The highest BCUT2D eigenvalue weighted by molar-refractivity contribution is 5.77. The minimum atomic E-state index is 0.0613. The molecule has 0 fully saturated rings. The van der Waals surface area contributed by atoms with Crippen LogP contribution in [0.2, 0.25) is 0 Å². The van der Waals surface area contributed by atoms with Crippen molar-refractivity contribution in [1.29, 1.82) is 0 Å². The number of aromatic nitrogens is 2. The van der Waals surface area contributed by atoms with Gasteiger partial charge in [-0.2, -0.15) is 0 Å². The Balaban J connectivity index is 0.000000141. The number of rotatable bonds is 1. The summed E-state index contributed by atoms with van der Waals surface area (Å²) in [5, 5.41) is 4.91. The van der Waals surface area contributed by atoms with Crippen LogP contribution in [0.4, 0.5) is 0 Å². The van der Waals surface area contributed by atoms with Gasteiger partial charge in [0.2, 0.25) is 5.96 Å². The van der Waals surface area contributed by atoms with E-state index in [2.05, 4.69) is 22.2 Å². The van der Waals surface area contributed by atoms with E-state index < -0.39 is 0 Å². The molecule has 19 heavy (non-hydrogen) atoms. The fourth-order valence-electron chi connectivity index (χ4n) is 1.54. The first-order valence-electron chi connectivity index (χ1n) is 5.78. The molecule has 0 aliphatic carbocycles. The maximum atomic E-state index is 5.09. The Morgan fingerprint density at radius 3 is 2.32 bits per heavy atom. The molecule has 1 aromatic carbocycles. The molecule has 5 heteroatoms. The van der Waals surface area contributed by atoms with Crippen molar-refractivity contribution < 1.29 is 0 Å². The molecule has 3 rings (SSSR count). The van der Waals surface area contributed by atoms with Gasteiger partial charge in [0, 0.05) is 24.0 Å². The van der Waals surface area contributed by atoms with E-state index in [-0.39, 0.29) is 5.96 Å². The monoisotopic (exact) mass is 253 g/mol. The van der Waals surface area contributed by atoms with Gasteiger partial charge in [-0.15, -0.1) is 5.10 Å². The van der Waals surface area contributed by atoms with Gasteiger partial charge in [0.25, 0.3) is 0 Å². The largest absolute Gasteiger partial charge is 0.369 e. The summed E-state index contributed by atoms with van der Waals surface area (Å²) >= 11 is 0. The summed E-state index contributed by atoms with van der Waals surface area (Å²) in [5.41, 5.74) is 11.2. The number of pyridine rings is 1. The highest BCUT2D eigenvalue weighted by Crippen LogP contribution is 2.07. The van der Waals surface area contributed by atoms with Crippen LogP contribution in [0.25, 0.3) is 10.9 Å². The molecule has 0 aliphatic rings. The fourth-order valence-corrected chi connectivity index (χ4v) is 1.54. The van der Waals surface area contributed by atoms with Crippen molar-refractivity contribution in [2.75, 3.05) is 0 Å². The van der Waals surface area contributed by atoms with Crippen LogP contribution in [0, 0.1) is 0 Å². The Kier molecular flexibility index (Phi) is 4.12. The molecule has 96 valence electrons. The predicted octanol–water partition coefficient (Wildman–Crippen LogP) is 1.76. The molecule has 4 N–H and O–H groups in total. The topological polar surface area (TPSA) is 82.2 Å². The number of benzene rings is 1. The third-order valence-corrected chi connectivity index (χ3v) is 2.33. The number of hydrogen-bond acceptors (Lipinski definition) is 2. The summed E-state index contributed by atoms with van der Waals surface area (Å²) in [4.78, 5) is 4.18. The molecular weight excluding hydrogens is 238 g/mol. The second-order valence-electron chi connectivity index (χ2n) is 3.78. The molecule has 0 unspecified atom stereocenters. The normalized spacial score (nSPS) is 9.47. The number of nitrogens with zero attached hydrogens (tertiary/aromatic N) is 3. The van der Waals surface area contributed by atoms with E-state index >= 15 is 0 Å². The van der Waals surface area contributed by atoms with Crippen LogP contribution < -0.4 is 11.5 Å². The standard InChI is InChI=1S/C9H7N.C5H8N4/c1-2-6-9-8(4-1)5-3-7-10-9;6-5(7)8-9-3-1-2-4-9/h1-7H;1-4H,(H4,6,7,8). The van der Waals surface area contributed by atoms with Crippen LogP contribution in [0.1, 0.15) is 0 Å². The molecule has 0 spiro atoms. The van der Waals surface area contributed by atoms with Gasteiger partial charge in [-0.1, -0.05) is 24.3 Å². The highest BCUT2D eigenvalue weighted by atomic mass is 15.4. The molecule has 2 heterocycles. The van der Waals surface area contributed by atoms with E-state index in [0.29, 0.717) is 0 Å². The number of guanidine groups is 1. The smallest absolute Gasteiger partial charge is 0.209 e. The maximum Gasteiger partial charge on any atom is 0.209 e. The minimum Gasteiger partial charge on any atom is -0.369 e. The van der Waals surface area contributed by atoms with Crippen LogP contribution in [0.3, 0.4) is 0 Å². The number of fused-ring (bicyclic) bond motifs is 1. The third-order valence-electron chi connectivity index (χ3n) is 2.33. The second-order valence-corrected chi connectivity index (χ2v) is 3.78. The second kappa shape index (κ2) is 6.20. The van der Waals surface area contributed by atoms with Crippen molar-refractivity contribution in [3.05, 3.63) is 67.1 Å². The van der Waals surface area contributed by atoms with Crippen LogP contribution in [-0.2, 0) is 0 Å². The van der Waals surface area contributed by atoms with Gasteiger partial charge >= 0.3 is 0 Å². The Morgan fingerprint density at radius 1 is 0.947 bits per heavy atom. The molecule has 0 aliphatic heterocycles. The lowest BCUT2D eigenvalue weighted by atomic mass is 10.2. The number of para-hydroxylation sites is 1. The number of nitrogens with two attached hydrogens (primary N) is 2. The van der Waals surface area contributed by atoms with Crippen molar-refractivity contribution in [2.24, 2.45) is 16.6 Å². The van der Waals surface area contributed by atoms with E-state index in [1.165, 1.54) is 10.1 Å². The van der Waals surface area contributed by atoms with Gasteiger partial charge in [0.1, 0.15) is 0 Å². The van der Waals surface area contributed by atoms with Gasteiger partial charge in [-0.05, 0) is 24.3 Å². The van der Waals surface area contributed by atoms with Crippen molar-refractivity contribution >= 4 is 16.9 Å². The molecular formula is C14H15N5. The lowest BCUT2D eigenvalue weighted by Gasteiger charge is -1.91. The van der Waals surface area contributed by atoms with Gasteiger partial charge in [-0.3, -0.25) is 4.98 Å². The van der Waals surface area contributed by atoms with E-state index in [1.54, 1.807) is 12.4 Å². The first-order valence-corrected chi connectivity index (χ1v) is 5.78. The minimum absolute atomic E-state index is 0.0613. The summed E-state index contributed by atoms with van der Waals surface area (Å²) < 4.78 is 1.54.